The van der Waals surface area contributed by atoms with Gasteiger partial charge in [-0.3, -0.25) is 4.79 Å². The molecule has 7 heteroatoms. The zero-order valence-corrected chi connectivity index (χ0v) is 9.30. The zero-order chi connectivity index (χ0) is 13.5. The summed E-state index contributed by atoms with van der Waals surface area (Å²) in [5.41, 5.74) is -2.09. The summed E-state index contributed by atoms with van der Waals surface area (Å²) in [6.07, 6.45) is -3.61. The molecule has 2 aromatic heterocycles. The molecule has 0 aromatic carbocycles. The van der Waals surface area contributed by atoms with Crippen LogP contribution >= 0.6 is 0 Å². The lowest BCUT2D eigenvalue weighted by Crippen LogP contribution is -2.15. The topological polar surface area (TPSA) is 58.6 Å². The quantitative estimate of drug-likeness (QED) is 0.850. The first kappa shape index (κ1) is 12.3. The van der Waals surface area contributed by atoms with E-state index in [2.05, 4.69) is 21.5 Å². The van der Waals surface area contributed by atoms with Crippen LogP contribution in [0.1, 0.15) is 17.1 Å². The Labute approximate surface area is 99.2 Å². The molecule has 0 radical (unpaired) electrons. The molecule has 4 nitrogen and oxygen atoms in total. The van der Waals surface area contributed by atoms with Gasteiger partial charge in [-0.1, -0.05) is 12.7 Å². The largest absolute Gasteiger partial charge is 0.434 e. The lowest BCUT2D eigenvalue weighted by molar-refractivity contribution is -0.141. The van der Waals surface area contributed by atoms with E-state index in [9.17, 15) is 18.0 Å². The van der Waals surface area contributed by atoms with Crippen molar-refractivity contribution in [3.63, 3.8) is 0 Å². The minimum atomic E-state index is -4.62. The molecule has 0 fully saturated rings. The molecule has 2 heterocycles. The Morgan fingerprint density at radius 3 is 2.61 bits per heavy atom. The maximum absolute atomic E-state index is 12.7. The Balaban J connectivity index is 2.90. The fraction of sp³-hybridized carbons (Fsp3) is 0.182. The summed E-state index contributed by atoms with van der Waals surface area (Å²) in [5.74, 6) is 0.208. The average Bonchev–Trinajstić information content (AvgIpc) is 2.26. The van der Waals surface area contributed by atoms with Gasteiger partial charge in [-0.2, -0.15) is 13.2 Å². The second kappa shape index (κ2) is 3.94. The van der Waals surface area contributed by atoms with Gasteiger partial charge >= 0.3 is 6.18 Å². The summed E-state index contributed by atoms with van der Waals surface area (Å²) < 4.78 is 38.2. The lowest BCUT2D eigenvalue weighted by Gasteiger charge is -2.10. The van der Waals surface area contributed by atoms with Crippen molar-refractivity contribution in [3.8, 4) is 0 Å². The summed E-state index contributed by atoms with van der Waals surface area (Å²) in [7, 11) is 0. The summed E-state index contributed by atoms with van der Waals surface area (Å²) in [4.78, 5) is 21.2. The van der Waals surface area contributed by atoms with Gasteiger partial charge in [-0.15, -0.1) is 0 Å². The van der Waals surface area contributed by atoms with Crippen LogP contribution < -0.4 is 5.56 Å². The molecular weight excluding hydrogens is 247 g/mol. The van der Waals surface area contributed by atoms with Gasteiger partial charge in [0.25, 0.3) is 5.56 Å². The summed E-state index contributed by atoms with van der Waals surface area (Å²) >= 11 is 0. The number of aromatic amines is 1. The molecule has 0 atom stereocenters. The second-order valence-electron chi connectivity index (χ2n) is 3.65. The summed E-state index contributed by atoms with van der Waals surface area (Å²) in [5, 5.41) is 0.00324. The molecule has 1 N–H and O–H groups in total. The van der Waals surface area contributed by atoms with Crippen molar-refractivity contribution in [1.82, 2.24) is 15.0 Å². The molecule has 0 saturated carbocycles. The minimum absolute atomic E-state index is 0.00324. The Hall–Kier alpha value is -2.18. The van der Waals surface area contributed by atoms with E-state index in [-0.39, 0.29) is 22.4 Å². The third-order valence-corrected chi connectivity index (χ3v) is 2.33. The maximum Gasteiger partial charge on any atom is 0.434 e. The van der Waals surface area contributed by atoms with Gasteiger partial charge in [-0.25, -0.2) is 9.97 Å². The van der Waals surface area contributed by atoms with Crippen molar-refractivity contribution < 1.29 is 13.2 Å². The zero-order valence-electron chi connectivity index (χ0n) is 9.30. The fourth-order valence-corrected chi connectivity index (χ4v) is 1.57. The molecule has 0 aliphatic heterocycles. The molecule has 0 saturated heterocycles. The maximum atomic E-state index is 12.7. The normalized spacial score (nSPS) is 11.8. The smallest absolute Gasteiger partial charge is 0.310 e. The number of aromatic nitrogens is 3. The number of nitrogens with one attached hydrogen (secondary N) is 1. The molecule has 18 heavy (non-hydrogen) atoms. The van der Waals surface area contributed by atoms with E-state index in [1.165, 1.54) is 6.92 Å². The number of alkyl halides is 3. The van der Waals surface area contributed by atoms with Crippen LogP contribution in [-0.4, -0.2) is 15.0 Å². The second-order valence-corrected chi connectivity index (χ2v) is 3.65. The van der Waals surface area contributed by atoms with Crippen LogP contribution in [0, 0.1) is 6.92 Å². The molecular formula is C11H8F3N3O. The van der Waals surface area contributed by atoms with Crippen LogP contribution in [0.5, 0.6) is 0 Å². The predicted octanol–water partition coefficient (Wildman–Crippen LogP) is 2.29. The van der Waals surface area contributed by atoms with Crippen molar-refractivity contribution in [2.75, 3.05) is 0 Å². The van der Waals surface area contributed by atoms with Crippen molar-refractivity contribution in [2.24, 2.45) is 0 Å². The molecule has 0 bridgehead atoms. The van der Waals surface area contributed by atoms with E-state index >= 15 is 0 Å². The summed E-state index contributed by atoms with van der Waals surface area (Å²) in [6, 6.07) is 1.09. The Kier molecular flexibility index (Phi) is 2.68. The molecule has 94 valence electrons. The van der Waals surface area contributed by atoms with Crippen molar-refractivity contribution >= 4 is 17.1 Å². The average molecular weight is 255 g/mol. The standard InChI is InChI=1S/C11H8F3N3O/c1-3-6-4-7-9(15-5(2)16-10(7)18)17-8(6)11(12,13)14/h3-4H,1H2,2H3,(H,15,16,17,18). The molecule has 0 aliphatic carbocycles. The highest BCUT2D eigenvalue weighted by atomic mass is 19.4. The molecule has 2 aromatic rings. The minimum Gasteiger partial charge on any atom is -0.310 e. The van der Waals surface area contributed by atoms with Gasteiger partial charge in [0, 0.05) is 5.56 Å². The number of hydrogen-bond donors (Lipinski definition) is 1. The van der Waals surface area contributed by atoms with Crippen LogP contribution in [0.15, 0.2) is 17.4 Å². The molecule has 2 rings (SSSR count). The van der Waals surface area contributed by atoms with Crippen LogP contribution in [0.3, 0.4) is 0 Å². The Morgan fingerprint density at radius 2 is 2.06 bits per heavy atom. The van der Waals surface area contributed by atoms with E-state index in [4.69, 9.17) is 0 Å². The highest BCUT2D eigenvalue weighted by Crippen LogP contribution is 2.31. The Morgan fingerprint density at radius 1 is 1.39 bits per heavy atom. The van der Waals surface area contributed by atoms with Crippen LogP contribution in [0.25, 0.3) is 17.1 Å². The van der Waals surface area contributed by atoms with E-state index in [0.29, 0.717) is 0 Å². The fourth-order valence-electron chi connectivity index (χ4n) is 1.57. The first-order chi connectivity index (χ1) is 8.32. The highest BCUT2D eigenvalue weighted by molar-refractivity contribution is 5.77. The third kappa shape index (κ3) is 1.99. The van der Waals surface area contributed by atoms with Gasteiger partial charge in [0.05, 0.1) is 5.39 Å². The SMILES string of the molecule is C=Cc1cc2c(=O)[nH]c(C)nc2nc1C(F)(F)F. The van der Waals surface area contributed by atoms with Crippen LogP contribution in [-0.2, 0) is 6.18 Å². The highest BCUT2D eigenvalue weighted by Gasteiger charge is 2.35. The number of H-pyrrole nitrogens is 1. The molecule has 0 aliphatic rings. The molecule has 0 unspecified atom stereocenters. The first-order valence-electron chi connectivity index (χ1n) is 4.94. The van der Waals surface area contributed by atoms with Crippen molar-refractivity contribution in [2.45, 2.75) is 13.1 Å². The number of aryl methyl sites for hydroxylation is 1. The van der Waals surface area contributed by atoms with Gasteiger partial charge in [-0.05, 0) is 13.0 Å². The van der Waals surface area contributed by atoms with Crippen molar-refractivity contribution in [3.05, 3.63) is 40.1 Å². The van der Waals surface area contributed by atoms with Crippen molar-refractivity contribution in [1.29, 1.82) is 0 Å². The third-order valence-electron chi connectivity index (χ3n) is 2.33. The van der Waals surface area contributed by atoms with E-state index < -0.39 is 17.4 Å². The molecule has 0 amide bonds. The van der Waals surface area contributed by atoms with Crippen LogP contribution in [0.4, 0.5) is 13.2 Å². The van der Waals surface area contributed by atoms with Gasteiger partial charge < -0.3 is 4.98 Å². The van der Waals surface area contributed by atoms with Crippen LogP contribution in [0.2, 0.25) is 0 Å². The number of hydrogen-bond acceptors (Lipinski definition) is 3. The summed E-state index contributed by atoms with van der Waals surface area (Å²) in [6.45, 7) is 4.76. The lowest BCUT2D eigenvalue weighted by atomic mass is 10.1. The van der Waals surface area contributed by atoms with E-state index in [1.807, 2.05) is 0 Å². The number of rotatable bonds is 1. The number of fused-ring (bicyclic) bond motifs is 1. The monoisotopic (exact) mass is 255 g/mol. The number of pyridine rings is 1. The van der Waals surface area contributed by atoms with Gasteiger partial charge in [0.15, 0.2) is 11.3 Å². The first-order valence-corrected chi connectivity index (χ1v) is 4.94. The van der Waals surface area contributed by atoms with Gasteiger partial charge in [0.2, 0.25) is 0 Å². The van der Waals surface area contributed by atoms with E-state index in [0.717, 1.165) is 12.1 Å². The predicted molar refractivity (Wildman–Crippen MR) is 60.0 cm³/mol. The molecule has 0 spiro atoms. The Bertz CT molecular complexity index is 688. The number of halogens is 3. The van der Waals surface area contributed by atoms with E-state index in [1.54, 1.807) is 0 Å². The number of nitrogens with zero attached hydrogens (tertiary/aromatic N) is 2. The van der Waals surface area contributed by atoms with Gasteiger partial charge in [0.1, 0.15) is 5.82 Å².